The summed E-state index contributed by atoms with van der Waals surface area (Å²) >= 11 is 6.15. The molecule has 0 saturated heterocycles. The number of nitrogens with one attached hydrogen (secondary N) is 2. The van der Waals surface area contributed by atoms with Crippen molar-refractivity contribution >= 4 is 33.3 Å². The van der Waals surface area contributed by atoms with Crippen molar-refractivity contribution in [1.82, 2.24) is 19.9 Å². The molecule has 148 valence electrons. The van der Waals surface area contributed by atoms with Gasteiger partial charge >= 0.3 is 0 Å². The Morgan fingerprint density at radius 2 is 2.07 bits per heavy atom. The van der Waals surface area contributed by atoms with Gasteiger partial charge in [-0.05, 0) is 54.5 Å². The molecular formula is C23H23ClN4O. The highest BCUT2D eigenvalue weighted by Gasteiger charge is 2.16. The molecule has 1 fully saturated rings. The smallest absolute Gasteiger partial charge is 0.260 e. The molecule has 1 aliphatic carbocycles. The minimum absolute atomic E-state index is 0.0787. The zero-order chi connectivity index (χ0) is 19.8. The van der Waals surface area contributed by atoms with E-state index in [0.29, 0.717) is 17.0 Å². The van der Waals surface area contributed by atoms with Crippen LogP contribution < -0.4 is 10.9 Å². The van der Waals surface area contributed by atoms with Crippen molar-refractivity contribution in [1.29, 1.82) is 0 Å². The first kappa shape index (κ1) is 18.4. The molecular weight excluding hydrogens is 384 g/mol. The third kappa shape index (κ3) is 3.68. The van der Waals surface area contributed by atoms with Gasteiger partial charge in [-0.25, -0.2) is 0 Å². The van der Waals surface area contributed by atoms with Gasteiger partial charge in [-0.15, -0.1) is 0 Å². The molecule has 0 radical (unpaired) electrons. The Morgan fingerprint density at radius 1 is 1.17 bits per heavy atom. The number of nitrogens with zero attached hydrogens (tertiary/aromatic N) is 2. The largest absolute Gasteiger partial charge is 0.357 e. The van der Waals surface area contributed by atoms with E-state index in [9.17, 15) is 4.79 Å². The van der Waals surface area contributed by atoms with Crippen molar-refractivity contribution in [3.8, 4) is 0 Å². The molecule has 29 heavy (non-hydrogen) atoms. The molecule has 5 nitrogen and oxygen atoms in total. The van der Waals surface area contributed by atoms with Gasteiger partial charge in [-0.2, -0.15) is 0 Å². The van der Waals surface area contributed by atoms with Crippen LogP contribution in [0.1, 0.15) is 30.5 Å². The molecule has 1 aliphatic rings. The molecule has 0 unspecified atom stereocenters. The molecule has 3 heterocycles. The number of benzene rings is 1. The standard InChI is InChI=1S/C23H23ClN4O/c24-21-13-26-12-20-19(21)6-7-28(23(20)29)14-16-4-5-17-9-18(27-22(17)8-16)11-25-10-15-2-1-3-15/h4-9,12-13,15,25,27H,1-3,10-11,14H2. The topological polar surface area (TPSA) is 62.7 Å². The lowest BCUT2D eigenvalue weighted by Crippen LogP contribution is -2.26. The second-order valence-corrected chi connectivity index (χ2v) is 8.38. The molecule has 0 spiro atoms. The Hall–Kier alpha value is -2.63. The van der Waals surface area contributed by atoms with Crippen molar-refractivity contribution in [2.24, 2.45) is 5.92 Å². The molecule has 0 aliphatic heterocycles. The molecule has 4 aromatic rings. The normalized spacial score (nSPS) is 14.5. The van der Waals surface area contributed by atoms with Crippen LogP contribution in [0.5, 0.6) is 0 Å². The highest BCUT2D eigenvalue weighted by atomic mass is 35.5. The maximum absolute atomic E-state index is 12.8. The Kier molecular flexibility index (Phi) is 4.86. The van der Waals surface area contributed by atoms with Gasteiger partial charge in [-0.3, -0.25) is 9.78 Å². The van der Waals surface area contributed by atoms with E-state index in [0.717, 1.165) is 35.5 Å². The third-order valence-corrected chi connectivity index (χ3v) is 6.22. The van der Waals surface area contributed by atoms with Gasteiger partial charge in [0, 0.05) is 41.7 Å². The van der Waals surface area contributed by atoms with Crippen LogP contribution in [0.4, 0.5) is 0 Å². The maximum atomic E-state index is 12.8. The van der Waals surface area contributed by atoms with E-state index < -0.39 is 0 Å². The molecule has 0 bridgehead atoms. The van der Waals surface area contributed by atoms with Crippen LogP contribution in [-0.2, 0) is 13.1 Å². The molecule has 6 heteroatoms. The Balaban J connectivity index is 1.36. The van der Waals surface area contributed by atoms with E-state index in [-0.39, 0.29) is 5.56 Å². The monoisotopic (exact) mass is 406 g/mol. The zero-order valence-corrected chi connectivity index (χ0v) is 16.9. The zero-order valence-electron chi connectivity index (χ0n) is 16.1. The lowest BCUT2D eigenvalue weighted by atomic mass is 9.85. The summed E-state index contributed by atoms with van der Waals surface area (Å²) in [6.07, 6.45) is 9.04. The van der Waals surface area contributed by atoms with Crippen molar-refractivity contribution in [2.75, 3.05) is 6.54 Å². The minimum Gasteiger partial charge on any atom is -0.357 e. The van der Waals surface area contributed by atoms with Crippen LogP contribution in [0.25, 0.3) is 21.7 Å². The molecule has 1 aromatic carbocycles. The van der Waals surface area contributed by atoms with Crippen LogP contribution in [0.15, 0.2) is 53.7 Å². The maximum Gasteiger partial charge on any atom is 0.260 e. The van der Waals surface area contributed by atoms with Crippen molar-refractivity contribution in [3.63, 3.8) is 0 Å². The molecule has 0 amide bonds. The number of aromatic amines is 1. The van der Waals surface area contributed by atoms with Crippen molar-refractivity contribution < 1.29 is 0 Å². The van der Waals surface area contributed by atoms with Gasteiger partial charge in [0.2, 0.25) is 0 Å². The number of aromatic nitrogens is 3. The predicted molar refractivity (Wildman–Crippen MR) is 117 cm³/mol. The van der Waals surface area contributed by atoms with E-state index in [1.165, 1.54) is 30.3 Å². The van der Waals surface area contributed by atoms with Crippen LogP contribution in [-0.4, -0.2) is 21.1 Å². The minimum atomic E-state index is -0.0787. The third-order valence-electron chi connectivity index (χ3n) is 5.92. The van der Waals surface area contributed by atoms with E-state index in [1.807, 2.05) is 6.07 Å². The summed E-state index contributed by atoms with van der Waals surface area (Å²) < 4.78 is 1.70. The second-order valence-electron chi connectivity index (χ2n) is 7.98. The number of H-pyrrole nitrogens is 1. The van der Waals surface area contributed by atoms with E-state index >= 15 is 0 Å². The summed E-state index contributed by atoms with van der Waals surface area (Å²) in [7, 11) is 0. The number of hydrogen-bond acceptors (Lipinski definition) is 3. The first-order valence-electron chi connectivity index (χ1n) is 10.1. The van der Waals surface area contributed by atoms with Gasteiger partial charge in [0.15, 0.2) is 0 Å². The molecule has 0 atom stereocenters. The van der Waals surface area contributed by atoms with Gasteiger partial charge < -0.3 is 14.9 Å². The Morgan fingerprint density at radius 3 is 2.90 bits per heavy atom. The molecule has 5 rings (SSSR count). The number of rotatable bonds is 6. The average Bonchev–Trinajstić information content (AvgIpc) is 3.08. The molecule has 2 N–H and O–H groups in total. The van der Waals surface area contributed by atoms with Gasteiger partial charge in [0.05, 0.1) is 17.0 Å². The van der Waals surface area contributed by atoms with Gasteiger partial charge in [0.1, 0.15) is 0 Å². The molecule has 3 aromatic heterocycles. The van der Waals surface area contributed by atoms with Crippen LogP contribution in [0.2, 0.25) is 5.02 Å². The van der Waals surface area contributed by atoms with E-state index in [4.69, 9.17) is 11.6 Å². The van der Waals surface area contributed by atoms with Crippen molar-refractivity contribution in [2.45, 2.75) is 32.4 Å². The summed E-state index contributed by atoms with van der Waals surface area (Å²) in [5.74, 6) is 0.858. The predicted octanol–water partition coefficient (Wildman–Crippen LogP) is 4.47. The summed E-state index contributed by atoms with van der Waals surface area (Å²) in [5, 5.41) is 6.52. The number of hydrogen-bond donors (Lipinski definition) is 2. The van der Waals surface area contributed by atoms with E-state index in [1.54, 1.807) is 23.2 Å². The number of halogens is 1. The molecule has 1 saturated carbocycles. The average molecular weight is 407 g/mol. The van der Waals surface area contributed by atoms with Crippen LogP contribution in [0.3, 0.4) is 0 Å². The van der Waals surface area contributed by atoms with E-state index in [2.05, 4.69) is 39.6 Å². The first-order chi connectivity index (χ1) is 14.2. The summed E-state index contributed by atoms with van der Waals surface area (Å²) in [6.45, 7) is 2.47. The fourth-order valence-corrected chi connectivity index (χ4v) is 4.25. The quantitative estimate of drug-likeness (QED) is 0.496. The van der Waals surface area contributed by atoms with Gasteiger partial charge in [0.25, 0.3) is 5.56 Å². The Bertz CT molecular complexity index is 1240. The SMILES string of the molecule is O=c1c2cncc(Cl)c2ccn1Cc1ccc2cc(CNCC3CCC3)[nH]c2c1. The number of fused-ring (bicyclic) bond motifs is 2. The summed E-state index contributed by atoms with van der Waals surface area (Å²) in [4.78, 5) is 20.4. The highest BCUT2D eigenvalue weighted by Crippen LogP contribution is 2.25. The van der Waals surface area contributed by atoms with Crippen LogP contribution in [0, 0.1) is 5.92 Å². The second kappa shape index (κ2) is 7.65. The summed E-state index contributed by atoms with van der Waals surface area (Å²) in [6, 6.07) is 10.4. The highest BCUT2D eigenvalue weighted by molar-refractivity contribution is 6.35. The van der Waals surface area contributed by atoms with Gasteiger partial charge in [-0.1, -0.05) is 30.2 Å². The Labute approximate surface area is 173 Å². The lowest BCUT2D eigenvalue weighted by molar-refractivity contribution is 0.301. The summed E-state index contributed by atoms with van der Waals surface area (Å²) in [5.41, 5.74) is 3.29. The number of pyridine rings is 2. The fourth-order valence-electron chi connectivity index (χ4n) is 4.03. The first-order valence-corrected chi connectivity index (χ1v) is 10.5. The fraction of sp³-hybridized carbons (Fsp3) is 0.304. The van der Waals surface area contributed by atoms with Crippen LogP contribution >= 0.6 is 11.6 Å². The van der Waals surface area contributed by atoms with Crippen molar-refractivity contribution in [3.05, 3.63) is 75.6 Å². The lowest BCUT2D eigenvalue weighted by Gasteiger charge is -2.25.